The number of hydrogen-bond donors (Lipinski definition) is 2. The highest BCUT2D eigenvalue weighted by atomic mass is 127. The molecule has 0 spiro atoms. The van der Waals surface area contributed by atoms with Crippen molar-refractivity contribution in [2.45, 2.75) is 50.1 Å². The van der Waals surface area contributed by atoms with Gasteiger partial charge in [-0.2, -0.15) is 8.42 Å². The molecule has 0 fully saturated rings. The largest absolute Gasteiger partial charge is 0.348 e. The van der Waals surface area contributed by atoms with Crippen LogP contribution in [0.2, 0.25) is 5.02 Å². The first kappa shape index (κ1) is 18.0. The fraction of sp³-hybridized carbons (Fsp3) is 0.615. The van der Waals surface area contributed by atoms with Crippen molar-refractivity contribution in [1.29, 1.82) is 0 Å². The van der Waals surface area contributed by atoms with E-state index in [1.54, 1.807) is 4.57 Å². The molecule has 0 saturated carbocycles. The Hall–Kier alpha value is -0.320. The molecule has 0 aromatic carbocycles. The summed E-state index contributed by atoms with van der Waals surface area (Å²) < 4.78 is 35.2. The third-order valence-electron chi connectivity index (χ3n) is 3.70. The first-order chi connectivity index (χ1) is 10.3. The Balaban J connectivity index is 2.48. The van der Waals surface area contributed by atoms with Crippen LogP contribution in [-0.2, 0) is 23.1 Å². The maximum absolute atomic E-state index is 12.5. The maximum atomic E-state index is 12.5. The van der Waals surface area contributed by atoms with E-state index in [2.05, 4.69) is 27.9 Å². The fourth-order valence-electron chi connectivity index (χ4n) is 2.68. The summed E-state index contributed by atoms with van der Waals surface area (Å²) in [5.74, 6) is -0.402. The minimum atomic E-state index is -4.46. The zero-order valence-electron chi connectivity index (χ0n) is 12.1. The number of fused-ring (bicyclic) bond motifs is 1. The van der Waals surface area contributed by atoms with Gasteiger partial charge in [-0.3, -0.25) is 9.35 Å². The Labute approximate surface area is 148 Å². The number of nitrogens with one attached hydrogen (secondary N) is 1. The molecule has 9 heteroatoms. The van der Waals surface area contributed by atoms with Gasteiger partial charge in [-0.1, -0.05) is 34.2 Å². The molecule has 124 valence electrons. The number of aromatic nitrogens is 1. The summed E-state index contributed by atoms with van der Waals surface area (Å²) in [6, 6.07) is -0.0376. The lowest BCUT2D eigenvalue weighted by Gasteiger charge is -2.19. The van der Waals surface area contributed by atoms with Crippen molar-refractivity contribution in [3.63, 3.8) is 0 Å². The van der Waals surface area contributed by atoms with Crippen molar-refractivity contribution in [2.75, 3.05) is 4.43 Å². The molecule has 1 aromatic heterocycles. The van der Waals surface area contributed by atoms with Crippen LogP contribution in [0.25, 0.3) is 0 Å². The zero-order chi connectivity index (χ0) is 16.5. The van der Waals surface area contributed by atoms with Crippen LogP contribution in [0.15, 0.2) is 4.90 Å². The number of amides is 1. The molecule has 0 saturated heterocycles. The van der Waals surface area contributed by atoms with E-state index in [1.165, 1.54) is 0 Å². The standard InChI is InChI=1S/C13H18ClIN2O4S/c1-8(5-6-15)16-13(18)11-10(14)12(22(19,20)21)9-4-2-3-7-17(9)11/h8H,2-7H2,1H3,(H,16,18)(H,19,20,21). The van der Waals surface area contributed by atoms with Gasteiger partial charge in [0.2, 0.25) is 0 Å². The quantitative estimate of drug-likeness (QED) is 0.402. The molecule has 1 unspecified atom stereocenters. The Morgan fingerprint density at radius 3 is 2.77 bits per heavy atom. The van der Waals surface area contributed by atoms with Crippen LogP contribution in [0.1, 0.15) is 42.4 Å². The normalized spacial score (nSPS) is 16.2. The molecule has 1 atom stereocenters. The molecule has 0 aliphatic carbocycles. The predicted octanol–water partition coefficient (Wildman–Crippen LogP) is 2.67. The topological polar surface area (TPSA) is 88.4 Å². The van der Waals surface area contributed by atoms with Crippen LogP contribution >= 0.6 is 34.2 Å². The second kappa shape index (κ2) is 7.06. The van der Waals surface area contributed by atoms with Gasteiger partial charge in [0.1, 0.15) is 10.6 Å². The molecule has 2 rings (SSSR count). The van der Waals surface area contributed by atoms with Gasteiger partial charge in [0.25, 0.3) is 16.0 Å². The average Bonchev–Trinajstić information content (AvgIpc) is 2.70. The number of nitrogens with zero attached hydrogens (tertiary/aromatic N) is 1. The molecule has 0 radical (unpaired) electrons. The molecule has 0 bridgehead atoms. The molecule has 22 heavy (non-hydrogen) atoms. The first-order valence-electron chi connectivity index (χ1n) is 7.02. The number of carbonyl (C=O) groups excluding carboxylic acids is 1. The smallest absolute Gasteiger partial charge is 0.297 e. The van der Waals surface area contributed by atoms with Gasteiger partial charge >= 0.3 is 0 Å². The predicted molar refractivity (Wildman–Crippen MR) is 92.6 cm³/mol. The number of alkyl halides is 1. The van der Waals surface area contributed by atoms with E-state index < -0.39 is 16.0 Å². The molecule has 6 nitrogen and oxygen atoms in total. The van der Waals surface area contributed by atoms with Crippen molar-refractivity contribution in [1.82, 2.24) is 9.88 Å². The summed E-state index contributed by atoms with van der Waals surface area (Å²) in [6.07, 6.45) is 2.93. The monoisotopic (exact) mass is 460 g/mol. The van der Waals surface area contributed by atoms with Crippen LogP contribution in [-0.4, -0.2) is 33.9 Å². The minimum Gasteiger partial charge on any atom is -0.348 e. The van der Waals surface area contributed by atoms with Crippen molar-refractivity contribution >= 4 is 50.2 Å². The second-order valence-electron chi connectivity index (χ2n) is 5.37. The highest BCUT2D eigenvalue weighted by Crippen LogP contribution is 2.35. The number of carbonyl (C=O) groups is 1. The molecule has 1 aliphatic heterocycles. The Kier molecular flexibility index (Phi) is 5.79. The second-order valence-corrected chi connectivity index (χ2v) is 8.19. The lowest BCUT2D eigenvalue weighted by molar-refractivity contribution is 0.0929. The van der Waals surface area contributed by atoms with Crippen LogP contribution in [0, 0.1) is 0 Å². The molecule has 2 N–H and O–H groups in total. The van der Waals surface area contributed by atoms with Gasteiger partial charge in [0.15, 0.2) is 0 Å². The highest BCUT2D eigenvalue weighted by Gasteiger charge is 2.33. The SMILES string of the molecule is CC(CCI)NC(=O)c1c(Cl)c(S(=O)(=O)O)c2n1CCCC2. The molecular weight excluding hydrogens is 443 g/mol. The van der Waals surface area contributed by atoms with Gasteiger partial charge in [0, 0.05) is 22.7 Å². The van der Waals surface area contributed by atoms with Gasteiger partial charge in [-0.15, -0.1) is 0 Å². The number of rotatable bonds is 5. The Bertz CT molecular complexity index is 687. The third-order valence-corrected chi connectivity index (χ3v) is 5.76. The van der Waals surface area contributed by atoms with Crippen LogP contribution in [0.3, 0.4) is 0 Å². The van der Waals surface area contributed by atoms with Crippen molar-refractivity contribution in [3.8, 4) is 0 Å². The van der Waals surface area contributed by atoms with Crippen LogP contribution in [0.4, 0.5) is 0 Å². The first-order valence-corrected chi connectivity index (χ1v) is 10.4. The van der Waals surface area contributed by atoms with E-state index in [9.17, 15) is 17.8 Å². The van der Waals surface area contributed by atoms with Crippen molar-refractivity contribution < 1.29 is 17.8 Å². The summed E-state index contributed by atoms with van der Waals surface area (Å²) in [5.41, 5.74) is 0.551. The van der Waals surface area contributed by atoms with Crippen molar-refractivity contribution in [3.05, 3.63) is 16.4 Å². The molecule has 2 heterocycles. The Morgan fingerprint density at radius 1 is 1.50 bits per heavy atom. The number of halogens is 2. The lowest BCUT2D eigenvalue weighted by atomic mass is 10.1. The van der Waals surface area contributed by atoms with Crippen LogP contribution < -0.4 is 5.32 Å². The molecule has 1 amide bonds. The Morgan fingerprint density at radius 2 is 2.18 bits per heavy atom. The summed E-state index contributed by atoms with van der Waals surface area (Å²) >= 11 is 8.36. The van der Waals surface area contributed by atoms with Gasteiger partial charge in [0.05, 0.1) is 5.02 Å². The number of hydrogen-bond acceptors (Lipinski definition) is 3. The molecule has 1 aliphatic rings. The highest BCUT2D eigenvalue weighted by molar-refractivity contribution is 14.1. The van der Waals surface area contributed by atoms with Gasteiger partial charge in [-0.25, -0.2) is 0 Å². The van der Waals surface area contributed by atoms with E-state index in [-0.39, 0.29) is 21.7 Å². The zero-order valence-corrected chi connectivity index (χ0v) is 15.8. The molecule has 1 aromatic rings. The van der Waals surface area contributed by atoms with Crippen molar-refractivity contribution in [2.24, 2.45) is 0 Å². The summed E-state index contributed by atoms with van der Waals surface area (Å²) in [7, 11) is -4.46. The van der Waals surface area contributed by atoms with E-state index in [0.717, 1.165) is 23.7 Å². The summed E-state index contributed by atoms with van der Waals surface area (Å²) in [4.78, 5) is 12.1. The van der Waals surface area contributed by atoms with Gasteiger partial charge < -0.3 is 9.88 Å². The lowest BCUT2D eigenvalue weighted by Crippen LogP contribution is -2.34. The minimum absolute atomic E-state index is 0.0376. The van der Waals surface area contributed by atoms with E-state index >= 15 is 0 Å². The summed E-state index contributed by atoms with van der Waals surface area (Å²) in [6.45, 7) is 2.40. The fourth-order valence-corrected chi connectivity index (χ4v) is 5.04. The third kappa shape index (κ3) is 3.60. The average molecular weight is 461 g/mol. The van der Waals surface area contributed by atoms with E-state index in [4.69, 9.17) is 11.6 Å². The summed E-state index contributed by atoms with van der Waals surface area (Å²) in [5, 5.41) is 2.65. The van der Waals surface area contributed by atoms with Gasteiger partial charge in [-0.05, 0) is 32.6 Å². The molecular formula is C13H18ClIN2O4S. The van der Waals surface area contributed by atoms with E-state index in [0.29, 0.717) is 18.7 Å². The van der Waals surface area contributed by atoms with Crippen LogP contribution in [0.5, 0.6) is 0 Å². The maximum Gasteiger partial charge on any atom is 0.297 e. The van der Waals surface area contributed by atoms with E-state index in [1.807, 2.05) is 6.92 Å².